The molecule has 0 spiro atoms. The second-order valence-electron chi connectivity index (χ2n) is 12.8. The van der Waals surface area contributed by atoms with Gasteiger partial charge in [-0.05, 0) is 65.8 Å². The molecule has 48 heavy (non-hydrogen) atoms. The molecule has 0 saturated heterocycles. The molecule has 3 aromatic carbocycles. The lowest BCUT2D eigenvalue weighted by molar-refractivity contribution is -0.645. The monoisotopic (exact) mass is 655 g/mol. The van der Waals surface area contributed by atoms with Crippen molar-refractivity contribution in [3.05, 3.63) is 58.7 Å². The number of hydrogen-bond acceptors (Lipinski definition) is 7. The highest BCUT2D eigenvalue weighted by atomic mass is 16.7. The number of pyridine rings is 1. The van der Waals surface area contributed by atoms with Gasteiger partial charge in [-0.15, -0.1) is 0 Å². The highest BCUT2D eigenvalue weighted by molar-refractivity contribution is 6.16. The van der Waals surface area contributed by atoms with Crippen LogP contribution in [-0.2, 0) is 37.1 Å². The van der Waals surface area contributed by atoms with E-state index in [4.69, 9.17) is 18.9 Å². The van der Waals surface area contributed by atoms with E-state index in [1.54, 1.807) is 28.4 Å². The van der Waals surface area contributed by atoms with Gasteiger partial charge in [-0.25, -0.2) is 0 Å². The third kappa shape index (κ3) is 4.52. The lowest BCUT2D eigenvalue weighted by atomic mass is 9.70. The van der Waals surface area contributed by atoms with Crippen molar-refractivity contribution in [2.45, 2.75) is 73.0 Å². The molecule has 0 saturated carbocycles. The Morgan fingerprint density at radius 3 is 1.12 bits per heavy atom. The molecule has 0 aliphatic heterocycles. The number of aromatic nitrogens is 1. The van der Waals surface area contributed by atoms with Crippen LogP contribution in [0.4, 0.5) is 17.1 Å². The zero-order valence-corrected chi connectivity index (χ0v) is 31.0. The van der Waals surface area contributed by atoms with Crippen LogP contribution >= 0.6 is 0 Å². The number of methoxy groups -OCH3 is 4. The molecule has 6 rings (SSSR count). The molecule has 2 aliphatic rings. The molecule has 0 amide bonds. The molecular formula is C40H55N4O4+. The summed E-state index contributed by atoms with van der Waals surface area (Å²) in [5, 5.41) is 2.33. The average molecular weight is 656 g/mol. The fourth-order valence-corrected chi connectivity index (χ4v) is 8.73. The van der Waals surface area contributed by atoms with Gasteiger partial charge in [-0.3, -0.25) is 0 Å². The molecule has 0 atom stereocenters. The molecule has 8 nitrogen and oxygen atoms in total. The van der Waals surface area contributed by atoms with Crippen LogP contribution in [0.1, 0.15) is 77.1 Å². The maximum Gasteiger partial charge on any atom is 0.223 e. The number of hydrogen-bond donors (Lipinski definition) is 0. The van der Waals surface area contributed by atoms with Gasteiger partial charge in [0.15, 0.2) is 0 Å². The molecule has 2 aliphatic carbocycles. The van der Waals surface area contributed by atoms with Gasteiger partial charge in [0, 0.05) is 137 Å². The van der Waals surface area contributed by atoms with Crippen molar-refractivity contribution in [1.82, 2.24) is 0 Å². The Bertz CT molecular complexity index is 1720. The highest BCUT2D eigenvalue weighted by Crippen LogP contribution is 2.60. The zero-order chi connectivity index (χ0) is 34.5. The molecule has 0 fully saturated rings. The summed E-state index contributed by atoms with van der Waals surface area (Å²) >= 11 is 0. The second-order valence-corrected chi connectivity index (χ2v) is 12.8. The Hall–Kier alpha value is -3.43. The average Bonchev–Trinajstić information content (AvgIpc) is 3.12. The molecule has 4 aromatic rings. The van der Waals surface area contributed by atoms with Gasteiger partial charge in [0.25, 0.3) is 0 Å². The Morgan fingerprint density at radius 2 is 0.812 bits per heavy atom. The quantitative estimate of drug-likeness (QED) is 0.0747. The van der Waals surface area contributed by atoms with Gasteiger partial charge in [0.05, 0.1) is 10.8 Å². The summed E-state index contributed by atoms with van der Waals surface area (Å²) in [6.45, 7) is 21.7. The zero-order valence-electron chi connectivity index (χ0n) is 31.0. The van der Waals surface area contributed by atoms with E-state index < -0.39 is 11.6 Å². The molecule has 1 heterocycles. The lowest BCUT2D eigenvalue weighted by Gasteiger charge is -2.45. The van der Waals surface area contributed by atoms with E-state index in [-0.39, 0.29) is 0 Å². The van der Waals surface area contributed by atoms with Gasteiger partial charge in [0.2, 0.25) is 22.6 Å². The summed E-state index contributed by atoms with van der Waals surface area (Å²) in [5.41, 5.74) is 12.1. The first-order valence-corrected chi connectivity index (χ1v) is 17.9. The molecule has 0 bridgehead atoms. The van der Waals surface area contributed by atoms with E-state index in [1.807, 2.05) is 0 Å². The van der Waals surface area contributed by atoms with E-state index in [9.17, 15) is 0 Å². The predicted octanol–water partition coefficient (Wildman–Crippen LogP) is 7.51. The van der Waals surface area contributed by atoms with Crippen molar-refractivity contribution in [2.24, 2.45) is 0 Å². The van der Waals surface area contributed by atoms with Crippen LogP contribution in [0, 0.1) is 0 Å². The Kier molecular flexibility index (Phi) is 9.41. The number of benzene rings is 3. The lowest BCUT2D eigenvalue weighted by Crippen LogP contribution is -2.44. The number of nitrogens with zero attached hydrogens (tertiary/aromatic N) is 4. The van der Waals surface area contributed by atoms with Gasteiger partial charge in [0.1, 0.15) is 6.54 Å². The fourth-order valence-electron chi connectivity index (χ4n) is 8.73. The van der Waals surface area contributed by atoms with Crippen LogP contribution in [0.3, 0.4) is 0 Å². The Labute approximate surface area is 287 Å². The first-order chi connectivity index (χ1) is 23.3. The number of aryl methyl sites for hydroxylation is 1. The van der Waals surface area contributed by atoms with Crippen molar-refractivity contribution in [3.63, 3.8) is 0 Å². The van der Waals surface area contributed by atoms with E-state index in [1.165, 1.54) is 28.0 Å². The maximum absolute atomic E-state index is 6.65. The highest BCUT2D eigenvalue weighted by Gasteiger charge is 2.53. The third-order valence-electron chi connectivity index (χ3n) is 11.1. The standard InChI is InChI=1S/C40H55N4O4/c1-12-19-44-33-24-27(42(15-4)16-5)22-31-36(33)38-35-29(39(31,45-8)46-9)20-26(41(13-2)14-3)21-30(35)40(47-10,48-11)32-23-28(43(17-6)18-7)25-34(44)37(32)38/h20-25H,12-19H2,1-11H3/q+1. The topological polar surface area (TPSA) is 50.5 Å². The van der Waals surface area contributed by atoms with Crippen LogP contribution in [0.25, 0.3) is 32.9 Å². The van der Waals surface area contributed by atoms with Crippen LogP contribution in [0.15, 0.2) is 36.4 Å². The molecule has 0 N–H and O–H groups in total. The van der Waals surface area contributed by atoms with Crippen molar-refractivity contribution >= 4 is 38.9 Å². The Balaban J connectivity index is 1.98. The van der Waals surface area contributed by atoms with Crippen molar-refractivity contribution in [3.8, 4) is 11.1 Å². The summed E-state index contributed by atoms with van der Waals surface area (Å²) in [4.78, 5) is 7.21. The summed E-state index contributed by atoms with van der Waals surface area (Å²) < 4.78 is 29.1. The smallest absolute Gasteiger partial charge is 0.223 e. The summed E-state index contributed by atoms with van der Waals surface area (Å²) in [5.74, 6) is -2.32. The number of rotatable bonds is 15. The van der Waals surface area contributed by atoms with E-state index in [0.29, 0.717) is 0 Å². The van der Waals surface area contributed by atoms with Crippen molar-refractivity contribution in [2.75, 3.05) is 82.4 Å². The minimum Gasteiger partial charge on any atom is -0.372 e. The van der Waals surface area contributed by atoms with Gasteiger partial charge >= 0.3 is 0 Å². The molecule has 0 radical (unpaired) electrons. The minimum atomic E-state index is -1.16. The minimum absolute atomic E-state index is 0.857. The first kappa shape index (κ1) is 34.4. The number of anilines is 3. The fraction of sp³-hybridized carbons (Fsp3) is 0.525. The largest absolute Gasteiger partial charge is 0.372 e. The van der Waals surface area contributed by atoms with Gasteiger partial charge in [-0.2, -0.15) is 4.57 Å². The van der Waals surface area contributed by atoms with Crippen LogP contribution in [0.5, 0.6) is 0 Å². The number of ether oxygens (including phenoxy) is 4. The molecule has 8 heteroatoms. The van der Waals surface area contributed by atoms with Crippen molar-refractivity contribution < 1.29 is 23.5 Å². The molecule has 0 unspecified atom stereocenters. The van der Waals surface area contributed by atoms with E-state index in [0.717, 1.165) is 96.5 Å². The SMILES string of the molecule is CCC[n+]1c2cc(N(CC)CC)cc3c2c2c4c(cc(N(CC)CC)cc41)C(OC)(OC)c1cc(N(CC)CC)cc(c1-2)C3(OC)OC. The second kappa shape index (κ2) is 13.1. The van der Waals surface area contributed by atoms with Gasteiger partial charge < -0.3 is 33.6 Å². The molecule has 258 valence electrons. The normalized spacial score (nSPS) is 15.1. The third-order valence-corrected chi connectivity index (χ3v) is 11.1. The summed E-state index contributed by atoms with van der Waals surface area (Å²) in [6, 6.07) is 14.0. The molecule has 1 aromatic heterocycles. The van der Waals surface area contributed by atoms with Crippen LogP contribution < -0.4 is 19.3 Å². The summed E-state index contributed by atoms with van der Waals surface area (Å²) in [7, 11) is 7.08. The van der Waals surface area contributed by atoms with Crippen LogP contribution in [-0.4, -0.2) is 67.7 Å². The van der Waals surface area contributed by atoms with Gasteiger partial charge in [-0.1, -0.05) is 6.92 Å². The van der Waals surface area contributed by atoms with Crippen molar-refractivity contribution in [1.29, 1.82) is 0 Å². The Morgan fingerprint density at radius 1 is 0.479 bits per heavy atom. The van der Waals surface area contributed by atoms with E-state index in [2.05, 4.69) is 104 Å². The molecular weight excluding hydrogens is 600 g/mol. The summed E-state index contributed by atoms with van der Waals surface area (Å²) in [6.07, 6.45) is 0.984. The predicted molar refractivity (Wildman–Crippen MR) is 198 cm³/mol. The first-order valence-electron chi connectivity index (χ1n) is 17.9. The van der Waals surface area contributed by atoms with Crippen LogP contribution in [0.2, 0.25) is 0 Å². The van der Waals surface area contributed by atoms with E-state index >= 15 is 0 Å². The maximum atomic E-state index is 6.65.